The Morgan fingerprint density at radius 2 is 1.71 bits per heavy atom. The highest BCUT2D eigenvalue weighted by Gasteiger charge is 2.64. The fraction of sp³-hybridized carbons (Fsp3) is 0.900. The van der Waals surface area contributed by atoms with Crippen molar-refractivity contribution in [2.24, 2.45) is 0 Å². The van der Waals surface area contributed by atoms with E-state index >= 15 is 0 Å². The van der Waals surface area contributed by atoms with Gasteiger partial charge in [0.05, 0.1) is 13.7 Å². The van der Waals surface area contributed by atoms with Gasteiger partial charge < -0.3 is 9.47 Å². The predicted octanol–water partition coefficient (Wildman–Crippen LogP) is 2.98. The number of halogens is 4. The van der Waals surface area contributed by atoms with E-state index in [1.54, 1.807) is 0 Å². The topological polar surface area (TPSA) is 35.5 Å². The number of carbonyl (C=O) groups is 1. The summed E-state index contributed by atoms with van der Waals surface area (Å²) < 4.78 is 58.8. The maximum atomic E-state index is 12.9. The average Bonchev–Trinajstić information content (AvgIpc) is 2.27. The summed E-state index contributed by atoms with van der Waals surface area (Å²) in [4.78, 5) is 10.5. The predicted molar refractivity (Wildman–Crippen MR) is 52.0 cm³/mol. The average molecular weight is 260 g/mol. The van der Waals surface area contributed by atoms with Gasteiger partial charge in [-0.15, -0.1) is 0 Å². The molecule has 0 saturated carbocycles. The number of hydrogen-bond acceptors (Lipinski definition) is 3. The normalized spacial score (nSPS) is 12.6. The quantitative estimate of drug-likeness (QED) is 0.382. The van der Waals surface area contributed by atoms with Crippen LogP contribution in [-0.4, -0.2) is 31.7 Å². The van der Waals surface area contributed by atoms with E-state index < -0.39 is 24.6 Å². The number of hydrogen-bond donors (Lipinski definition) is 0. The van der Waals surface area contributed by atoms with Crippen molar-refractivity contribution in [2.75, 3.05) is 13.7 Å². The van der Waals surface area contributed by atoms with E-state index in [-0.39, 0.29) is 6.42 Å². The van der Waals surface area contributed by atoms with Gasteiger partial charge in [-0.2, -0.15) is 17.6 Å². The maximum Gasteiger partial charge on any atom is 0.431 e. The van der Waals surface area contributed by atoms with Crippen molar-refractivity contribution in [2.45, 2.75) is 44.6 Å². The van der Waals surface area contributed by atoms with Gasteiger partial charge in [0.2, 0.25) is 0 Å². The second-order valence-electron chi connectivity index (χ2n) is 3.49. The van der Waals surface area contributed by atoms with Crippen LogP contribution in [0.15, 0.2) is 0 Å². The molecule has 0 aromatic rings. The molecular weight excluding hydrogens is 244 g/mol. The van der Waals surface area contributed by atoms with Gasteiger partial charge in [-0.25, -0.2) is 4.79 Å². The molecule has 102 valence electrons. The minimum atomic E-state index is -4.97. The zero-order valence-electron chi connectivity index (χ0n) is 9.77. The third-order valence-corrected chi connectivity index (χ3v) is 2.09. The Hall–Kier alpha value is -0.850. The van der Waals surface area contributed by atoms with Gasteiger partial charge in [0.15, 0.2) is 0 Å². The first kappa shape index (κ1) is 16.1. The van der Waals surface area contributed by atoms with Crippen molar-refractivity contribution in [1.29, 1.82) is 0 Å². The Morgan fingerprint density at radius 3 is 2.18 bits per heavy atom. The summed E-state index contributed by atoms with van der Waals surface area (Å²) in [7, 11) is 0.605. The molecule has 0 radical (unpaired) electrons. The third kappa shape index (κ3) is 4.49. The van der Waals surface area contributed by atoms with E-state index in [4.69, 9.17) is 0 Å². The highest BCUT2D eigenvalue weighted by Crippen LogP contribution is 2.36. The van der Waals surface area contributed by atoms with Crippen molar-refractivity contribution >= 4 is 5.97 Å². The molecule has 0 aromatic heterocycles. The molecule has 0 aliphatic heterocycles. The van der Waals surface area contributed by atoms with E-state index in [1.807, 2.05) is 6.92 Å². The van der Waals surface area contributed by atoms with Crippen LogP contribution in [0.25, 0.3) is 0 Å². The Morgan fingerprint density at radius 1 is 1.12 bits per heavy atom. The molecule has 0 N–H and O–H groups in total. The Labute approximate surface area is 97.1 Å². The Bertz CT molecular complexity index is 244. The molecule has 0 bridgehead atoms. The lowest BCUT2D eigenvalue weighted by molar-refractivity contribution is -0.339. The molecule has 0 aromatic carbocycles. The first-order valence-electron chi connectivity index (χ1n) is 5.27. The standard InChI is InChI=1S/C10H16F4O3/c1-3-4-5-6-7-17-10(13,14)9(11,12)8(15)16-2/h3-7H2,1-2H3. The molecule has 0 atom stereocenters. The molecule has 0 unspecified atom stereocenters. The van der Waals surface area contributed by atoms with E-state index in [2.05, 4.69) is 9.47 Å². The zero-order valence-corrected chi connectivity index (χ0v) is 9.77. The number of methoxy groups -OCH3 is 1. The number of esters is 1. The van der Waals surface area contributed by atoms with Gasteiger partial charge >= 0.3 is 18.0 Å². The summed E-state index contributed by atoms with van der Waals surface area (Å²) >= 11 is 0. The van der Waals surface area contributed by atoms with Crippen molar-refractivity contribution in [3.05, 3.63) is 0 Å². The lowest BCUT2D eigenvalue weighted by Gasteiger charge is -2.23. The van der Waals surface area contributed by atoms with Crippen molar-refractivity contribution in [3.8, 4) is 0 Å². The number of carbonyl (C=O) groups excluding carboxylic acids is 1. The third-order valence-electron chi connectivity index (χ3n) is 2.09. The fourth-order valence-corrected chi connectivity index (χ4v) is 1.07. The number of alkyl halides is 4. The molecule has 17 heavy (non-hydrogen) atoms. The van der Waals surface area contributed by atoms with Crippen LogP contribution in [0.2, 0.25) is 0 Å². The van der Waals surface area contributed by atoms with E-state index in [0.717, 1.165) is 12.8 Å². The fourth-order valence-electron chi connectivity index (χ4n) is 1.07. The summed E-state index contributed by atoms with van der Waals surface area (Å²) in [5.41, 5.74) is 0. The van der Waals surface area contributed by atoms with E-state index in [9.17, 15) is 22.4 Å². The number of unbranched alkanes of at least 4 members (excludes halogenated alkanes) is 3. The molecule has 3 nitrogen and oxygen atoms in total. The maximum absolute atomic E-state index is 12.9. The highest BCUT2D eigenvalue weighted by molar-refractivity contribution is 5.78. The number of ether oxygens (including phenoxy) is 2. The van der Waals surface area contributed by atoms with Gasteiger partial charge in [0.1, 0.15) is 0 Å². The second kappa shape index (κ2) is 6.78. The summed E-state index contributed by atoms with van der Waals surface area (Å²) in [5.74, 6) is -7.27. The van der Waals surface area contributed by atoms with Crippen LogP contribution < -0.4 is 0 Å². The van der Waals surface area contributed by atoms with Crippen LogP contribution in [0.5, 0.6) is 0 Å². The number of rotatable bonds is 8. The van der Waals surface area contributed by atoms with E-state index in [1.165, 1.54) is 0 Å². The minimum Gasteiger partial charge on any atom is -0.464 e. The van der Waals surface area contributed by atoms with Gasteiger partial charge in [-0.1, -0.05) is 26.2 Å². The monoisotopic (exact) mass is 260 g/mol. The molecule has 0 aliphatic carbocycles. The highest BCUT2D eigenvalue weighted by atomic mass is 19.3. The molecule has 7 heteroatoms. The summed E-state index contributed by atoms with van der Waals surface area (Å²) in [6.07, 6.45) is -2.31. The van der Waals surface area contributed by atoms with Crippen LogP contribution >= 0.6 is 0 Å². The van der Waals surface area contributed by atoms with Crippen LogP contribution in [-0.2, 0) is 14.3 Å². The lowest BCUT2D eigenvalue weighted by atomic mass is 10.2. The van der Waals surface area contributed by atoms with Crippen LogP contribution in [0.3, 0.4) is 0 Å². The van der Waals surface area contributed by atoms with Gasteiger partial charge in [0.25, 0.3) is 0 Å². The first-order valence-corrected chi connectivity index (χ1v) is 5.27. The molecule has 0 saturated heterocycles. The molecule has 0 spiro atoms. The Kier molecular flexibility index (Phi) is 6.44. The van der Waals surface area contributed by atoms with Gasteiger partial charge in [-0.3, -0.25) is 0 Å². The summed E-state index contributed by atoms with van der Waals surface area (Å²) in [6.45, 7) is 1.39. The lowest BCUT2D eigenvalue weighted by Crippen LogP contribution is -2.49. The molecule has 0 rings (SSSR count). The second-order valence-corrected chi connectivity index (χ2v) is 3.49. The van der Waals surface area contributed by atoms with Gasteiger partial charge in [0, 0.05) is 0 Å². The molecule has 0 aliphatic rings. The molecule has 0 fully saturated rings. The smallest absolute Gasteiger partial charge is 0.431 e. The largest absolute Gasteiger partial charge is 0.464 e. The minimum absolute atomic E-state index is 0.237. The molecular formula is C10H16F4O3. The van der Waals surface area contributed by atoms with Crippen molar-refractivity contribution in [1.82, 2.24) is 0 Å². The Balaban J connectivity index is 4.22. The van der Waals surface area contributed by atoms with Crippen molar-refractivity contribution in [3.63, 3.8) is 0 Å². The van der Waals surface area contributed by atoms with Crippen LogP contribution in [0, 0.1) is 0 Å². The van der Waals surface area contributed by atoms with Crippen LogP contribution in [0.1, 0.15) is 32.6 Å². The SMILES string of the molecule is CCCCCCOC(F)(F)C(F)(F)C(=O)OC. The van der Waals surface area contributed by atoms with E-state index in [0.29, 0.717) is 13.5 Å². The molecule has 0 heterocycles. The summed E-state index contributed by atoms with van der Waals surface area (Å²) in [6, 6.07) is 0. The van der Waals surface area contributed by atoms with Crippen LogP contribution in [0.4, 0.5) is 17.6 Å². The van der Waals surface area contributed by atoms with Crippen molar-refractivity contribution < 1.29 is 31.8 Å². The first-order chi connectivity index (χ1) is 7.79. The zero-order chi connectivity index (χ0) is 13.5. The summed E-state index contributed by atoms with van der Waals surface area (Å²) in [5, 5.41) is 0. The van der Waals surface area contributed by atoms with Gasteiger partial charge in [-0.05, 0) is 6.42 Å². The molecule has 0 amide bonds.